The lowest BCUT2D eigenvalue weighted by Gasteiger charge is -2.27. The number of halogens is 1. The molecule has 0 bridgehead atoms. The van der Waals surface area contributed by atoms with Crippen molar-refractivity contribution in [2.75, 3.05) is 53.6 Å². The van der Waals surface area contributed by atoms with Gasteiger partial charge in [-0.25, -0.2) is 0 Å². The number of nitrogens with one attached hydrogen (secondary N) is 2. The van der Waals surface area contributed by atoms with Crippen molar-refractivity contribution in [3.63, 3.8) is 0 Å². The summed E-state index contributed by atoms with van der Waals surface area (Å²) >= 11 is 0. The Labute approximate surface area is 187 Å². The Balaban J connectivity index is 0.00000392. The maximum Gasteiger partial charge on any atom is 0.191 e. The molecule has 1 aliphatic heterocycles. The van der Waals surface area contributed by atoms with Gasteiger partial charge in [-0.15, -0.1) is 24.0 Å². The van der Waals surface area contributed by atoms with Gasteiger partial charge in [0.05, 0.1) is 13.2 Å². The summed E-state index contributed by atoms with van der Waals surface area (Å²) in [6.45, 7) is 6.02. The molecular weight excluding hydrogens is 467 g/mol. The molecule has 0 radical (unpaired) electrons. The smallest absolute Gasteiger partial charge is 0.191 e. The quantitative estimate of drug-likeness (QED) is 0.259. The molecule has 0 spiro atoms. The van der Waals surface area contributed by atoms with E-state index in [-0.39, 0.29) is 36.0 Å². The second kappa shape index (κ2) is 13.3. The van der Waals surface area contributed by atoms with Crippen molar-refractivity contribution < 1.29 is 9.84 Å². The highest BCUT2D eigenvalue weighted by Gasteiger charge is 2.34. The SMILES string of the molecule is CCNC(=NCC1(CCO)CCOC1)NCC(Cc1ccccc1)N(C)C.I. The fraction of sp³-hybridized carbons (Fsp3) is 0.667. The predicted molar refractivity (Wildman–Crippen MR) is 127 cm³/mol. The van der Waals surface area contributed by atoms with E-state index in [1.807, 2.05) is 0 Å². The highest BCUT2D eigenvalue weighted by molar-refractivity contribution is 14.0. The predicted octanol–water partition coefficient (Wildman–Crippen LogP) is 2.12. The lowest BCUT2D eigenvalue weighted by Crippen LogP contribution is -2.46. The maximum absolute atomic E-state index is 9.40. The third-order valence-electron chi connectivity index (χ3n) is 5.29. The number of nitrogens with zero attached hydrogens (tertiary/aromatic N) is 2. The summed E-state index contributed by atoms with van der Waals surface area (Å²) in [7, 11) is 4.23. The van der Waals surface area contributed by atoms with E-state index in [2.05, 4.69) is 66.9 Å². The average Bonchev–Trinajstić information content (AvgIpc) is 3.12. The van der Waals surface area contributed by atoms with Crippen LogP contribution in [0, 0.1) is 5.41 Å². The number of ether oxygens (including phenoxy) is 1. The molecule has 160 valence electrons. The Hall–Kier alpha value is -0.900. The molecule has 0 saturated carbocycles. The van der Waals surface area contributed by atoms with Crippen LogP contribution >= 0.6 is 24.0 Å². The number of aliphatic imine (C=N–C) groups is 1. The number of aliphatic hydroxyl groups is 1. The minimum Gasteiger partial charge on any atom is -0.396 e. The van der Waals surface area contributed by atoms with Gasteiger partial charge in [0.2, 0.25) is 0 Å². The third-order valence-corrected chi connectivity index (χ3v) is 5.29. The minimum atomic E-state index is -0.0257. The molecular formula is C21H37IN4O2. The zero-order valence-corrected chi connectivity index (χ0v) is 19.8. The number of rotatable bonds is 10. The van der Waals surface area contributed by atoms with E-state index >= 15 is 0 Å². The van der Waals surface area contributed by atoms with E-state index in [1.165, 1.54) is 5.56 Å². The zero-order chi connectivity index (χ0) is 19.5. The topological polar surface area (TPSA) is 69.1 Å². The van der Waals surface area contributed by atoms with Crippen molar-refractivity contribution in [1.82, 2.24) is 15.5 Å². The monoisotopic (exact) mass is 504 g/mol. The molecule has 1 heterocycles. The van der Waals surface area contributed by atoms with Crippen LogP contribution in [0.3, 0.4) is 0 Å². The lowest BCUT2D eigenvalue weighted by atomic mass is 9.84. The summed E-state index contributed by atoms with van der Waals surface area (Å²) in [5.41, 5.74) is 1.31. The summed E-state index contributed by atoms with van der Waals surface area (Å²) in [4.78, 5) is 7.06. The molecule has 1 aliphatic rings. The summed E-state index contributed by atoms with van der Waals surface area (Å²) in [5.74, 6) is 0.835. The Morgan fingerprint density at radius 1 is 1.29 bits per heavy atom. The normalized spacial score (nSPS) is 20.7. The molecule has 2 unspecified atom stereocenters. The van der Waals surface area contributed by atoms with Crippen molar-refractivity contribution in [3.05, 3.63) is 35.9 Å². The van der Waals surface area contributed by atoms with Gasteiger partial charge in [0.25, 0.3) is 0 Å². The number of likely N-dealkylation sites (N-methyl/N-ethyl adjacent to an activating group) is 1. The van der Waals surface area contributed by atoms with Gasteiger partial charge in [-0.05, 0) is 45.8 Å². The van der Waals surface area contributed by atoms with Crippen LogP contribution in [0.4, 0.5) is 0 Å². The van der Waals surface area contributed by atoms with Gasteiger partial charge in [-0.2, -0.15) is 0 Å². The standard InChI is InChI=1S/C21H36N4O2.HI/c1-4-22-20(24-16-21(10-12-26)11-13-27-17-21)23-15-19(25(2)3)14-18-8-6-5-7-9-18;/h5-9,19,26H,4,10-17H2,1-3H3,(H2,22,23,24);1H. The molecule has 0 aliphatic carbocycles. The fourth-order valence-electron chi connectivity index (χ4n) is 3.41. The Morgan fingerprint density at radius 2 is 2.04 bits per heavy atom. The molecule has 2 rings (SSSR count). The number of aliphatic hydroxyl groups excluding tert-OH is 1. The first-order chi connectivity index (χ1) is 13.1. The van der Waals surface area contributed by atoms with Gasteiger partial charge in [0, 0.05) is 37.8 Å². The van der Waals surface area contributed by atoms with Crippen LogP contribution in [0.5, 0.6) is 0 Å². The van der Waals surface area contributed by atoms with Crippen LogP contribution in [0.25, 0.3) is 0 Å². The number of hydrogen-bond acceptors (Lipinski definition) is 4. The molecule has 1 fully saturated rings. The highest BCUT2D eigenvalue weighted by Crippen LogP contribution is 2.32. The van der Waals surface area contributed by atoms with Crippen LogP contribution < -0.4 is 10.6 Å². The Morgan fingerprint density at radius 3 is 2.61 bits per heavy atom. The van der Waals surface area contributed by atoms with Crippen LogP contribution in [0.1, 0.15) is 25.3 Å². The van der Waals surface area contributed by atoms with Gasteiger partial charge >= 0.3 is 0 Å². The molecule has 2 atom stereocenters. The molecule has 28 heavy (non-hydrogen) atoms. The summed E-state index contributed by atoms with van der Waals surface area (Å²) < 4.78 is 5.57. The lowest BCUT2D eigenvalue weighted by molar-refractivity contribution is 0.131. The van der Waals surface area contributed by atoms with E-state index in [9.17, 15) is 5.11 Å². The van der Waals surface area contributed by atoms with E-state index in [0.717, 1.165) is 44.9 Å². The third kappa shape index (κ3) is 8.23. The van der Waals surface area contributed by atoms with Gasteiger partial charge in [-0.1, -0.05) is 30.3 Å². The second-order valence-electron chi connectivity index (χ2n) is 7.66. The maximum atomic E-state index is 9.40. The summed E-state index contributed by atoms with van der Waals surface area (Å²) in [6, 6.07) is 11.0. The van der Waals surface area contributed by atoms with Crippen molar-refractivity contribution in [2.24, 2.45) is 10.4 Å². The molecule has 1 saturated heterocycles. The van der Waals surface area contributed by atoms with E-state index in [1.54, 1.807) is 0 Å². The van der Waals surface area contributed by atoms with Crippen molar-refractivity contribution in [2.45, 2.75) is 32.2 Å². The van der Waals surface area contributed by atoms with Gasteiger partial charge in [0.15, 0.2) is 5.96 Å². The van der Waals surface area contributed by atoms with E-state index in [0.29, 0.717) is 19.2 Å². The highest BCUT2D eigenvalue weighted by atomic mass is 127. The van der Waals surface area contributed by atoms with Crippen LogP contribution in [0.2, 0.25) is 0 Å². The van der Waals surface area contributed by atoms with Crippen LogP contribution in [0.15, 0.2) is 35.3 Å². The molecule has 0 aromatic heterocycles. The number of guanidine groups is 1. The van der Waals surface area contributed by atoms with Gasteiger partial charge in [0.1, 0.15) is 0 Å². The molecule has 1 aromatic carbocycles. The van der Waals surface area contributed by atoms with E-state index < -0.39 is 0 Å². The molecule has 0 amide bonds. The summed E-state index contributed by atoms with van der Waals surface area (Å²) in [6.07, 6.45) is 2.69. The Kier molecular flexibility index (Phi) is 12.0. The fourth-order valence-corrected chi connectivity index (χ4v) is 3.41. The first kappa shape index (κ1) is 25.1. The van der Waals surface area contributed by atoms with Crippen molar-refractivity contribution in [3.8, 4) is 0 Å². The van der Waals surface area contributed by atoms with Crippen LogP contribution in [-0.2, 0) is 11.2 Å². The van der Waals surface area contributed by atoms with Crippen LogP contribution in [-0.4, -0.2) is 75.6 Å². The van der Waals surface area contributed by atoms with Gasteiger partial charge < -0.3 is 25.4 Å². The molecule has 3 N–H and O–H groups in total. The minimum absolute atomic E-state index is 0. The molecule has 7 heteroatoms. The first-order valence-electron chi connectivity index (χ1n) is 10.00. The molecule has 1 aromatic rings. The first-order valence-corrected chi connectivity index (χ1v) is 10.00. The van der Waals surface area contributed by atoms with Gasteiger partial charge in [-0.3, -0.25) is 4.99 Å². The largest absolute Gasteiger partial charge is 0.396 e. The number of hydrogen-bond donors (Lipinski definition) is 3. The molecule has 6 nitrogen and oxygen atoms in total. The van der Waals surface area contributed by atoms with E-state index in [4.69, 9.17) is 9.73 Å². The van der Waals surface area contributed by atoms with Crippen molar-refractivity contribution >= 4 is 29.9 Å². The summed E-state index contributed by atoms with van der Waals surface area (Å²) in [5, 5.41) is 16.2. The average molecular weight is 504 g/mol. The zero-order valence-electron chi connectivity index (χ0n) is 17.5. The Bertz CT molecular complexity index is 563. The number of benzene rings is 1. The second-order valence-corrected chi connectivity index (χ2v) is 7.66. The van der Waals surface area contributed by atoms with Crippen molar-refractivity contribution in [1.29, 1.82) is 0 Å².